The molecule has 0 bridgehead atoms. The molecule has 0 aliphatic carbocycles. The molecule has 1 saturated heterocycles. The Bertz CT molecular complexity index is 171. The number of ether oxygens (including phenoxy) is 2. The minimum atomic E-state index is 0.181. The largest absolute Gasteiger partial charge is 0.371 e. The SMILES string of the molecule is C=CCOC(CC(=C)C)C1CO1. The minimum absolute atomic E-state index is 0.181. The maximum absolute atomic E-state index is 5.52. The fourth-order valence-corrected chi connectivity index (χ4v) is 1.10. The molecule has 1 aliphatic rings. The molecule has 0 aromatic carbocycles. The zero-order valence-electron chi connectivity index (χ0n) is 7.58. The Labute approximate surface area is 73.9 Å². The summed E-state index contributed by atoms with van der Waals surface area (Å²) in [4.78, 5) is 0. The molecule has 68 valence electrons. The average molecular weight is 168 g/mol. The molecule has 2 atom stereocenters. The van der Waals surface area contributed by atoms with Crippen LogP contribution in [0.5, 0.6) is 0 Å². The molecular formula is C10H16O2. The highest BCUT2D eigenvalue weighted by Gasteiger charge is 2.33. The third-order valence-electron chi connectivity index (χ3n) is 1.75. The van der Waals surface area contributed by atoms with Gasteiger partial charge in [0.15, 0.2) is 0 Å². The van der Waals surface area contributed by atoms with Gasteiger partial charge in [-0.1, -0.05) is 11.6 Å². The molecule has 0 aromatic rings. The van der Waals surface area contributed by atoms with Crippen LogP contribution in [0.3, 0.4) is 0 Å². The molecule has 0 aromatic heterocycles. The Morgan fingerprint density at radius 3 is 2.92 bits per heavy atom. The number of epoxide rings is 1. The van der Waals surface area contributed by atoms with E-state index in [1.165, 1.54) is 0 Å². The maximum Gasteiger partial charge on any atom is 0.107 e. The lowest BCUT2D eigenvalue weighted by Gasteiger charge is -2.13. The van der Waals surface area contributed by atoms with Gasteiger partial charge in [0.05, 0.1) is 19.3 Å². The van der Waals surface area contributed by atoms with Crippen molar-refractivity contribution in [3.8, 4) is 0 Å². The number of hydrogen-bond donors (Lipinski definition) is 0. The van der Waals surface area contributed by atoms with E-state index >= 15 is 0 Å². The van der Waals surface area contributed by atoms with Gasteiger partial charge in [0.2, 0.25) is 0 Å². The summed E-state index contributed by atoms with van der Waals surface area (Å²) in [5.41, 5.74) is 1.14. The van der Waals surface area contributed by atoms with E-state index in [9.17, 15) is 0 Å². The lowest BCUT2D eigenvalue weighted by atomic mass is 10.1. The van der Waals surface area contributed by atoms with Crippen LogP contribution >= 0.6 is 0 Å². The smallest absolute Gasteiger partial charge is 0.107 e. The molecule has 1 fully saturated rings. The van der Waals surface area contributed by atoms with Gasteiger partial charge in [-0.15, -0.1) is 13.2 Å². The molecule has 0 N–H and O–H groups in total. The molecule has 0 radical (unpaired) electrons. The van der Waals surface area contributed by atoms with Crippen molar-refractivity contribution in [3.63, 3.8) is 0 Å². The van der Waals surface area contributed by atoms with Gasteiger partial charge in [0.1, 0.15) is 6.10 Å². The van der Waals surface area contributed by atoms with Crippen LogP contribution in [0.2, 0.25) is 0 Å². The van der Waals surface area contributed by atoms with E-state index in [4.69, 9.17) is 9.47 Å². The van der Waals surface area contributed by atoms with Crippen LogP contribution in [0.1, 0.15) is 13.3 Å². The second kappa shape index (κ2) is 4.43. The van der Waals surface area contributed by atoms with Crippen LogP contribution in [0, 0.1) is 0 Å². The zero-order valence-corrected chi connectivity index (χ0v) is 7.58. The summed E-state index contributed by atoms with van der Waals surface area (Å²) in [6.07, 6.45) is 3.12. The van der Waals surface area contributed by atoms with E-state index < -0.39 is 0 Å². The number of rotatable bonds is 6. The van der Waals surface area contributed by atoms with Gasteiger partial charge in [-0.05, 0) is 13.3 Å². The highest BCUT2D eigenvalue weighted by atomic mass is 16.6. The van der Waals surface area contributed by atoms with Crippen molar-refractivity contribution >= 4 is 0 Å². The summed E-state index contributed by atoms with van der Waals surface area (Å²) in [7, 11) is 0. The quantitative estimate of drug-likeness (QED) is 0.446. The van der Waals surface area contributed by atoms with Gasteiger partial charge in [-0.2, -0.15) is 0 Å². The molecule has 0 saturated carbocycles. The van der Waals surface area contributed by atoms with E-state index in [-0.39, 0.29) is 6.10 Å². The highest BCUT2D eigenvalue weighted by molar-refractivity contribution is 4.96. The van der Waals surface area contributed by atoms with Crippen molar-refractivity contribution in [1.29, 1.82) is 0 Å². The van der Waals surface area contributed by atoms with Crippen molar-refractivity contribution in [2.75, 3.05) is 13.2 Å². The molecule has 12 heavy (non-hydrogen) atoms. The molecule has 2 nitrogen and oxygen atoms in total. The first-order valence-corrected chi connectivity index (χ1v) is 4.22. The summed E-state index contributed by atoms with van der Waals surface area (Å²) >= 11 is 0. The molecule has 1 rings (SSSR count). The molecule has 1 aliphatic heterocycles. The maximum atomic E-state index is 5.52. The summed E-state index contributed by atoms with van der Waals surface area (Å²) in [5, 5.41) is 0. The second-order valence-corrected chi connectivity index (χ2v) is 3.19. The second-order valence-electron chi connectivity index (χ2n) is 3.19. The first kappa shape index (κ1) is 9.49. The molecule has 0 spiro atoms. The van der Waals surface area contributed by atoms with E-state index in [1.807, 2.05) is 6.92 Å². The fourth-order valence-electron chi connectivity index (χ4n) is 1.10. The molecule has 2 heteroatoms. The third-order valence-corrected chi connectivity index (χ3v) is 1.75. The van der Waals surface area contributed by atoms with E-state index in [0.717, 1.165) is 18.6 Å². The highest BCUT2D eigenvalue weighted by Crippen LogP contribution is 2.22. The van der Waals surface area contributed by atoms with E-state index in [0.29, 0.717) is 12.7 Å². The first-order valence-electron chi connectivity index (χ1n) is 4.22. The lowest BCUT2D eigenvalue weighted by molar-refractivity contribution is 0.0522. The van der Waals surface area contributed by atoms with Crippen LogP contribution in [0.4, 0.5) is 0 Å². The molecule has 1 heterocycles. The van der Waals surface area contributed by atoms with Gasteiger partial charge >= 0.3 is 0 Å². The molecule has 0 amide bonds. The van der Waals surface area contributed by atoms with Gasteiger partial charge in [-0.3, -0.25) is 0 Å². The van der Waals surface area contributed by atoms with Crippen molar-refractivity contribution < 1.29 is 9.47 Å². The molecular weight excluding hydrogens is 152 g/mol. The Kier molecular flexibility index (Phi) is 3.50. The average Bonchev–Trinajstić information content (AvgIpc) is 2.79. The topological polar surface area (TPSA) is 21.8 Å². The van der Waals surface area contributed by atoms with Crippen LogP contribution in [0.25, 0.3) is 0 Å². The Balaban J connectivity index is 2.27. The first-order chi connectivity index (χ1) is 5.74. The lowest BCUT2D eigenvalue weighted by Crippen LogP contribution is -2.20. The molecule has 2 unspecified atom stereocenters. The summed E-state index contributed by atoms with van der Waals surface area (Å²) in [6, 6.07) is 0. The van der Waals surface area contributed by atoms with Gasteiger partial charge in [0, 0.05) is 0 Å². The fraction of sp³-hybridized carbons (Fsp3) is 0.600. The standard InChI is InChI=1S/C10H16O2/c1-4-5-11-9(6-8(2)3)10-7-12-10/h4,9-10H,1-2,5-7H2,3H3. The van der Waals surface area contributed by atoms with Crippen molar-refractivity contribution in [2.45, 2.75) is 25.6 Å². The predicted octanol–water partition coefficient (Wildman–Crippen LogP) is 1.92. The van der Waals surface area contributed by atoms with Crippen LogP contribution in [0.15, 0.2) is 24.8 Å². The Morgan fingerprint density at radius 1 is 1.83 bits per heavy atom. The zero-order chi connectivity index (χ0) is 8.97. The van der Waals surface area contributed by atoms with Gasteiger partial charge < -0.3 is 9.47 Å². The van der Waals surface area contributed by atoms with Crippen LogP contribution < -0.4 is 0 Å². The third kappa shape index (κ3) is 3.20. The number of hydrogen-bond acceptors (Lipinski definition) is 2. The summed E-state index contributed by atoms with van der Waals surface area (Å²) in [6.45, 7) is 10.9. The minimum Gasteiger partial charge on any atom is -0.371 e. The summed E-state index contributed by atoms with van der Waals surface area (Å²) < 4.78 is 10.7. The normalized spacial score (nSPS) is 23.2. The summed E-state index contributed by atoms with van der Waals surface area (Å²) in [5.74, 6) is 0. The van der Waals surface area contributed by atoms with Crippen molar-refractivity contribution in [2.24, 2.45) is 0 Å². The van der Waals surface area contributed by atoms with Crippen molar-refractivity contribution in [3.05, 3.63) is 24.8 Å². The van der Waals surface area contributed by atoms with Gasteiger partial charge in [-0.25, -0.2) is 0 Å². The van der Waals surface area contributed by atoms with E-state index in [2.05, 4.69) is 13.2 Å². The monoisotopic (exact) mass is 168 g/mol. The van der Waals surface area contributed by atoms with Crippen LogP contribution in [-0.2, 0) is 9.47 Å². The Hall–Kier alpha value is -0.600. The predicted molar refractivity (Wildman–Crippen MR) is 49.1 cm³/mol. The van der Waals surface area contributed by atoms with Gasteiger partial charge in [0.25, 0.3) is 0 Å². The Morgan fingerprint density at radius 2 is 2.50 bits per heavy atom. The van der Waals surface area contributed by atoms with Crippen LogP contribution in [-0.4, -0.2) is 25.4 Å². The van der Waals surface area contributed by atoms with E-state index in [1.54, 1.807) is 6.08 Å². The van der Waals surface area contributed by atoms with Crippen molar-refractivity contribution in [1.82, 2.24) is 0 Å².